The highest BCUT2D eigenvalue weighted by Crippen LogP contribution is 2.24. The lowest BCUT2D eigenvalue weighted by Gasteiger charge is -2.18. The van der Waals surface area contributed by atoms with Crippen LogP contribution in [0.4, 0.5) is 5.69 Å². The van der Waals surface area contributed by atoms with Crippen molar-refractivity contribution in [3.8, 4) is 11.3 Å². The number of carbonyl (C=O) groups is 1. The molecule has 2 atom stereocenters. The zero-order valence-electron chi connectivity index (χ0n) is 15.8. The maximum Gasteiger partial charge on any atom is 0.358 e. The van der Waals surface area contributed by atoms with Gasteiger partial charge in [-0.15, -0.1) is 0 Å². The Morgan fingerprint density at radius 3 is 2.66 bits per heavy atom. The topological polar surface area (TPSA) is 108 Å². The summed E-state index contributed by atoms with van der Waals surface area (Å²) in [6, 6.07) is 14.5. The Labute approximate surface area is 173 Å². The van der Waals surface area contributed by atoms with Crippen molar-refractivity contribution in [2.45, 2.75) is 19.1 Å². The van der Waals surface area contributed by atoms with E-state index >= 15 is 0 Å². The molecule has 0 radical (unpaired) electrons. The van der Waals surface area contributed by atoms with E-state index in [2.05, 4.69) is 15.6 Å². The van der Waals surface area contributed by atoms with Gasteiger partial charge < -0.3 is 25.3 Å². The SMILES string of the molecule is C[C@H](CNc1ccc(-c2ocnc2C(=O)O)cc1)NC[C@H](O)c1cccc(Cl)c1. The van der Waals surface area contributed by atoms with Crippen LogP contribution in [-0.4, -0.2) is 40.3 Å². The molecule has 0 aliphatic rings. The van der Waals surface area contributed by atoms with E-state index in [4.69, 9.17) is 21.1 Å². The fraction of sp³-hybridized carbons (Fsp3) is 0.238. The van der Waals surface area contributed by atoms with Crippen LogP contribution in [0.5, 0.6) is 0 Å². The number of aromatic nitrogens is 1. The highest BCUT2D eigenvalue weighted by atomic mass is 35.5. The minimum absolute atomic E-state index is 0.108. The van der Waals surface area contributed by atoms with Gasteiger partial charge in [0.25, 0.3) is 0 Å². The Bertz CT molecular complexity index is 959. The van der Waals surface area contributed by atoms with Crippen molar-refractivity contribution in [3.63, 3.8) is 0 Å². The number of hydrogen-bond donors (Lipinski definition) is 4. The van der Waals surface area contributed by atoms with E-state index in [1.54, 1.807) is 24.3 Å². The summed E-state index contributed by atoms with van der Waals surface area (Å²) in [6.45, 7) is 3.07. The van der Waals surface area contributed by atoms with Crippen LogP contribution in [0.15, 0.2) is 59.3 Å². The summed E-state index contributed by atoms with van der Waals surface area (Å²) < 4.78 is 5.19. The molecule has 0 saturated carbocycles. The maximum absolute atomic E-state index is 11.2. The van der Waals surface area contributed by atoms with Gasteiger partial charge in [-0.2, -0.15) is 0 Å². The van der Waals surface area contributed by atoms with E-state index in [0.29, 0.717) is 23.7 Å². The Hall–Kier alpha value is -2.87. The molecule has 8 heteroatoms. The molecular formula is C21H22ClN3O4. The van der Waals surface area contributed by atoms with E-state index < -0.39 is 12.1 Å². The third-order valence-electron chi connectivity index (χ3n) is 4.42. The Morgan fingerprint density at radius 2 is 1.97 bits per heavy atom. The molecule has 7 nitrogen and oxygen atoms in total. The van der Waals surface area contributed by atoms with Crippen molar-refractivity contribution in [2.24, 2.45) is 0 Å². The van der Waals surface area contributed by atoms with Crippen molar-refractivity contribution in [1.82, 2.24) is 10.3 Å². The number of hydrogen-bond acceptors (Lipinski definition) is 6. The lowest BCUT2D eigenvalue weighted by Crippen LogP contribution is -2.35. The molecule has 0 spiro atoms. The molecule has 1 heterocycles. The standard InChI is InChI=1S/C21H22ClN3O4/c1-13(23-11-18(26)15-3-2-4-16(22)9-15)10-24-17-7-5-14(6-8-17)20-19(21(27)28)25-12-29-20/h2-9,12-13,18,23-24,26H,10-11H2,1H3,(H,27,28)/t13-,18+/m1/s1. The number of aliphatic hydroxyl groups is 1. The Kier molecular flexibility index (Phi) is 6.87. The number of anilines is 1. The fourth-order valence-electron chi connectivity index (χ4n) is 2.83. The summed E-state index contributed by atoms with van der Waals surface area (Å²) in [6.07, 6.45) is 0.483. The smallest absolute Gasteiger partial charge is 0.358 e. The molecule has 0 aliphatic carbocycles. The Balaban J connectivity index is 1.49. The molecule has 4 N–H and O–H groups in total. The second-order valence-electron chi connectivity index (χ2n) is 6.67. The van der Waals surface area contributed by atoms with E-state index in [9.17, 15) is 9.90 Å². The van der Waals surface area contributed by atoms with Gasteiger partial charge in [0.15, 0.2) is 17.8 Å². The number of aliphatic hydroxyl groups excluding tert-OH is 1. The molecule has 3 aromatic rings. The average molecular weight is 416 g/mol. The van der Waals surface area contributed by atoms with Crippen LogP contribution < -0.4 is 10.6 Å². The number of benzene rings is 2. The van der Waals surface area contributed by atoms with Gasteiger partial charge in [0, 0.05) is 35.4 Å². The van der Waals surface area contributed by atoms with Gasteiger partial charge >= 0.3 is 5.97 Å². The second kappa shape index (κ2) is 9.56. The van der Waals surface area contributed by atoms with Crippen LogP contribution in [0.1, 0.15) is 29.1 Å². The molecule has 0 saturated heterocycles. The summed E-state index contributed by atoms with van der Waals surface area (Å²) in [5.41, 5.74) is 2.19. The highest BCUT2D eigenvalue weighted by Gasteiger charge is 2.17. The largest absolute Gasteiger partial charge is 0.476 e. The molecule has 0 bridgehead atoms. The van der Waals surface area contributed by atoms with Gasteiger partial charge in [-0.25, -0.2) is 9.78 Å². The third-order valence-corrected chi connectivity index (χ3v) is 4.66. The molecule has 152 valence electrons. The lowest BCUT2D eigenvalue weighted by molar-refractivity contribution is 0.0691. The van der Waals surface area contributed by atoms with E-state index in [0.717, 1.165) is 17.6 Å². The summed E-state index contributed by atoms with van der Waals surface area (Å²) in [7, 11) is 0. The summed E-state index contributed by atoms with van der Waals surface area (Å²) in [4.78, 5) is 14.9. The number of carboxylic acids is 1. The van der Waals surface area contributed by atoms with Gasteiger partial charge in [-0.1, -0.05) is 23.7 Å². The summed E-state index contributed by atoms with van der Waals surface area (Å²) in [5, 5.41) is 26.6. The first-order chi connectivity index (χ1) is 13.9. The number of aromatic carboxylic acids is 1. The van der Waals surface area contributed by atoms with Crippen molar-refractivity contribution in [1.29, 1.82) is 0 Å². The first-order valence-corrected chi connectivity index (χ1v) is 9.50. The average Bonchev–Trinajstić information content (AvgIpc) is 3.21. The quantitative estimate of drug-likeness (QED) is 0.420. The molecule has 3 rings (SSSR count). The van der Waals surface area contributed by atoms with Gasteiger partial charge in [-0.05, 0) is 48.9 Å². The van der Waals surface area contributed by atoms with E-state index in [-0.39, 0.29) is 17.5 Å². The van der Waals surface area contributed by atoms with E-state index in [1.165, 1.54) is 0 Å². The van der Waals surface area contributed by atoms with Crippen LogP contribution in [-0.2, 0) is 0 Å². The van der Waals surface area contributed by atoms with Crippen LogP contribution >= 0.6 is 11.6 Å². The van der Waals surface area contributed by atoms with Gasteiger partial charge in [-0.3, -0.25) is 0 Å². The number of nitrogens with one attached hydrogen (secondary N) is 2. The van der Waals surface area contributed by atoms with E-state index in [1.807, 2.05) is 31.2 Å². The normalized spacial score (nSPS) is 13.1. The summed E-state index contributed by atoms with van der Waals surface area (Å²) >= 11 is 5.96. The van der Waals surface area contributed by atoms with Crippen LogP contribution in [0.25, 0.3) is 11.3 Å². The van der Waals surface area contributed by atoms with Crippen LogP contribution in [0.3, 0.4) is 0 Å². The number of oxazole rings is 1. The third kappa shape index (κ3) is 5.57. The zero-order chi connectivity index (χ0) is 20.8. The number of rotatable bonds is 9. The number of nitrogens with zero attached hydrogens (tertiary/aromatic N) is 1. The number of carboxylic acid groups (broad SMARTS) is 1. The monoisotopic (exact) mass is 415 g/mol. The highest BCUT2D eigenvalue weighted by molar-refractivity contribution is 6.30. The molecule has 29 heavy (non-hydrogen) atoms. The van der Waals surface area contributed by atoms with Gasteiger partial charge in [0.1, 0.15) is 0 Å². The molecule has 0 aliphatic heterocycles. The van der Waals surface area contributed by atoms with Crippen molar-refractivity contribution in [2.75, 3.05) is 18.4 Å². The molecule has 0 unspecified atom stereocenters. The van der Waals surface area contributed by atoms with Crippen LogP contribution in [0.2, 0.25) is 5.02 Å². The molecule has 1 aromatic heterocycles. The lowest BCUT2D eigenvalue weighted by atomic mass is 10.1. The molecule has 2 aromatic carbocycles. The molecule has 0 fully saturated rings. The van der Waals surface area contributed by atoms with Gasteiger partial charge in [0.2, 0.25) is 0 Å². The maximum atomic E-state index is 11.2. The van der Waals surface area contributed by atoms with Gasteiger partial charge in [0.05, 0.1) is 6.10 Å². The fourth-order valence-corrected chi connectivity index (χ4v) is 3.03. The van der Waals surface area contributed by atoms with Crippen molar-refractivity contribution >= 4 is 23.3 Å². The van der Waals surface area contributed by atoms with Crippen molar-refractivity contribution in [3.05, 3.63) is 71.2 Å². The number of halogens is 1. The minimum Gasteiger partial charge on any atom is -0.476 e. The predicted molar refractivity (Wildman–Crippen MR) is 111 cm³/mol. The first kappa shape index (κ1) is 20.9. The first-order valence-electron chi connectivity index (χ1n) is 9.12. The Morgan fingerprint density at radius 1 is 1.21 bits per heavy atom. The van der Waals surface area contributed by atoms with Crippen molar-refractivity contribution < 1.29 is 19.4 Å². The predicted octanol–water partition coefficient (Wildman–Crippen LogP) is 3.82. The summed E-state index contributed by atoms with van der Waals surface area (Å²) in [5.74, 6) is -0.898. The zero-order valence-corrected chi connectivity index (χ0v) is 16.6. The second-order valence-corrected chi connectivity index (χ2v) is 7.11. The molecule has 0 amide bonds. The minimum atomic E-state index is -1.13. The molecular weight excluding hydrogens is 394 g/mol. The van der Waals surface area contributed by atoms with Crippen LogP contribution in [0, 0.1) is 0 Å².